The molecule has 0 bridgehead atoms. The van der Waals surface area contributed by atoms with Crippen LogP contribution in [0.3, 0.4) is 0 Å². The fourth-order valence-corrected chi connectivity index (χ4v) is 3.67. The molecule has 2 heterocycles. The molecule has 0 aliphatic carbocycles. The zero-order valence-corrected chi connectivity index (χ0v) is 16.8. The van der Waals surface area contributed by atoms with Crippen molar-refractivity contribution in [2.24, 2.45) is 0 Å². The molecule has 0 radical (unpaired) electrons. The molecule has 0 amide bonds. The van der Waals surface area contributed by atoms with Crippen molar-refractivity contribution >= 4 is 39.1 Å². The van der Waals surface area contributed by atoms with Gasteiger partial charge >= 0.3 is 0 Å². The predicted octanol–water partition coefficient (Wildman–Crippen LogP) is 6.53. The maximum absolute atomic E-state index is 12.2. The summed E-state index contributed by atoms with van der Waals surface area (Å²) in [5.74, 6) is 2.12. The van der Waals surface area contributed by atoms with Crippen molar-refractivity contribution in [1.82, 2.24) is 0 Å². The number of rotatable bonds is 8. The van der Waals surface area contributed by atoms with Gasteiger partial charge in [0.15, 0.2) is 5.78 Å². The number of benzene rings is 1. The molecule has 134 valence electrons. The molecule has 0 saturated heterocycles. The van der Waals surface area contributed by atoms with Crippen molar-refractivity contribution in [2.75, 3.05) is 0 Å². The van der Waals surface area contributed by atoms with Crippen molar-refractivity contribution in [3.8, 4) is 5.75 Å². The first-order valence-electron chi connectivity index (χ1n) is 8.42. The number of carbonyl (C=O) groups is 1. The lowest BCUT2D eigenvalue weighted by molar-refractivity contribution is 0.105. The van der Waals surface area contributed by atoms with E-state index in [2.05, 4.69) is 22.9 Å². The molecular weight excluding hydrogens is 412 g/mol. The van der Waals surface area contributed by atoms with E-state index in [0.717, 1.165) is 27.9 Å². The smallest absolute Gasteiger partial charge is 0.195 e. The summed E-state index contributed by atoms with van der Waals surface area (Å²) in [4.78, 5) is 14.2. The third kappa shape index (κ3) is 5.19. The summed E-state index contributed by atoms with van der Waals surface area (Å²) in [6, 6.07) is 15.2. The van der Waals surface area contributed by atoms with Crippen LogP contribution in [0.4, 0.5) is 0 Å². The third-order valence-electron chi connectivity index (χ3n) is 3.68. The second kappa shape index (κ2) is 9.01. The first kappa shape index (κ1) is 18.7. The first-order valence-corrected chi connectivity index (χ1v) is 10.0. The number of halogens is 1. The van der Waals surface area contributed by atoms with Crippen LogP contribution in [0.15, 0.2) is 63.5 Å². The lowest BCUT2D eigenvalue weighted by atomic mass is 10.2. The van der Waals surface area contributed by atoms with Gasteiger partial charge in [-0.2, -0.15) is 0 Å². The molecule has 0 saturated carbocycles. The molecule has 0 unspecified atom stereocenters. The average Bonchev–Trinajstić information content (AvgIpc) is 3.29. The maximum atomic E-state index is 12.2. The Labute approximate surface area is 165 Å². The molecule has 0 fully saturated rings. The van der Waals surface area contributed by atoms with E-state index in [1.165, 1.54) is 4.88 Å². The van der Waals surface area contributed by atoms with Crippen molar-refractivity contribution in [3.63, 3.8) is 0 Å². The van der Waals surface area contributed by atoms with E-state index in [-0.39, 0.29) is 5.78 Å². The minimum Gasteiger partial charge on any atom is -0.486 e. The number of carbonyl (C=O) groups excluding carboxylic acids is 1. The summed E-state index contributed by atoms with van der Waals surface area (Å²) in [5.41, 5.74) is 0. The molecule has 0 atom stereocenters. The van der Waals surface area contributed by atoms with Gasteiger partial charge < -0.3 is 9.15 Å². The van der Waals surface area contributed by atoms with Crippen molar-refractivity contribution < 1.29 is 13.9 Å². The molecule has 3 rings (SSSR count). The highest BCUT2D eigenvalue weighted by molar-refractivity contribution is 9.10. The van der Waals surface area contributed by atoms with E-state index in [0.29, 0.717) is 18.1 Å². The molecule has 0 spiro atoms. The standard InChI is InChI=1S/C21H19BrO3S/c1-2-3-19-11-13-21(26-19)20(23)12-10-17-8-9-18(25-17)14-24-16-6-4-15(22)5-7-16/h4-13H,2-3,14H2,1H3/b12-10+. The lowest BCUT2D eigenvalue weighted by Gasteiger charge is -2.03. The molecule has 0 aliphatic heterocycles. The molecule has 3 nitrogen and oxygen atoms in total. The van der Waals surface area contributed by atoms with Crippen LogP contribution in [0, 0.1) is 0 Å². The van der Waals surface area contributed by atoms with Gasteiger partial charge in [0.2, 0.25) is 0 Å². The molecule has 1 aromatic carbocycles. The number of furan rings is 1. The Kier molecular flexibility index (Phi) is 6.47. The minimum atomic E-state index is 0.00131. The Morgan fingerprint density at radius 1 is 1.15 bits per heavy atom. The van der Waals surface area contributed by atoms with Gasteiger partial charge in [-0.15, -0.1) is 11.3 Å². The van der Waals surface area contributed by atoms with Crippen molar-refractivity contribution in [1.29, 1.82) is 0 Å². The molecular formula is C21H19BrO3S. The minimum absolute atomic E-state index is 0.00131. The van der Waals surface area contributed by atoms with Crippen LogP contribution >= 0.6 is 27.3 Å². The van der Waals surface area contributed by atoms with Crippen molar-refractivity contribution in [2.45, 2.75) is 26.4 Å². The van der Waals surface area contributed by atoms with Crippen LogP contribution in [-0.4, -0.2) is 5.78 Å². The lowest BCUT2D eigenvalue weighted by Crippen LogP contribution is -1.93. The molecule has 0 aliphatic rings. The van der Waals surface area contributed by atoms with Crippen molar-refractivity contribution in [3.05, 3.63) is 80.4 Å². The summed E-state index contributed by atoms with van der Waals surface area (Å²) in [7, 11) is 0. The van der Waals surface area contributed by atoms with Gasteiger partial charge in [0.25, 0.3) is 0 Å². The Balaban J connectivity index is 1.56. The van der Waals surface area contributed by atoms with E-state index in [1.807, 2.05) is 48.5 Å². The van der Waals surface area contributed by atoms with Gasteiger partial charge in [-0.3, -0.25) is 4.79 Å². The summed E-state index contributed by atoms with van der Waals surface area (Å²) >= 11 is 4.95. The zero-order valence-electron chi connectivity index (χ0n) is 14.4. The number of thiophene rings is 1. The Hall–Kier alpha value is -2.11. The van der Waals surface area contributed by atoms with Gasteiger partial charge in [-0.1, -0.05) is 29.3 Å². The summed E-state index contributed by atoms with van der Waals surface area (Å²) < 4.78 is 12.4. The summed E-state index contributed by atoms with van der Waals surface area (Å²) in [5, 5.41) is 0. The molecule has 26 heavy (non-hydrogen) atoms. The second-order valence-electron chi connectivity index (χ2n) is 5.76. The van der Waals surface area contributed by atoms with E-state index in [1.54, 1.807) is 23.5 Å². The van der Waals surface area contributed by atoms with E-state index in [4.69, 9.17) is 9.15 Å². The Morgan fingerprint density at radius 2 is 1.96 bits per heavy atom. The number of aryl methyl sites for hydroxylation is 1. The zero-order chi connectivity index (χ0) is 18.4. The quantitative estimate of drug-likeness (QED) is 0.301. The first-order chi connectivity index (χ1) is 12.6. The Morgan fingerprint density at radius 3 is 2.73 bits per heavy atom. The number of allylic oxidation sites excluding steroid dienone is 1. The van der Waals surface area contributed by atoms with Crippen LogP contribution in [0.5, 0.6) is 5.75 Å². The maximum Gasteiger partial charge on any atom is 0.195 e. The number of hydrogen-bond donors (Lipinski definition) is 0. The highest BCUT2D eigenvalue weighted by Crippen LogP contribution is 2.20. The van der Waals surface area contributed by atoms with Gasteiger partial charge in [-0.05, 0) is 67.1 Å². The fourth-order valence-electron chi connectivity index (χ4n) is 2.38. The highest BCUT2D eigenvalue weighted by Gasteiger charge is 2.07. The number of hydrogen-bond acceptors (Lipinski definition) is 4. The van der Waals surface area contributed by atoms with Crippen LogP contribution in [0.25, 0.3) is 6.08 Å². The van der Waals surface area contributed by atoms with Gasteiger partial charge in [-0.25, -0.2) is 0 Å². The number of ether oxygens (including phenoxy) is 1. The largest absolute Gasteiger partial charge is 0.486 e. The van der Waals surface area contributed by atoms with Crippen LogP contribution in [0.1, 0.15) is 39.4 Å². The van der Waals surface area contributed by atoms with E-state index >= 15 is 0 Å². The van der Waals surface area contributed by atoms with Crippen LogP contribution in [0.2, 0.25) is 0 Å². The second-order valence-corrected chi connectivity index (χ2v) is 7.84. The predicted molar refractivity (Wildman–Crippen MR) is 109 cm³/mol. The molecule has 0 N–H and O–H groups in total. The SMILES string of the molecule is CCCc1ccc(C(=O)/C=C/c2ccc(COc3ccc(Br)cc3)o2)s1. The topological polar surface area (TPSA) is 39.4 Å². The average molecular weight is 431 g/mol. The molecule has 2 aromatic heterocycles. The van der Waals surface area contributed by atoms with E-state index in [9.17, 15) is 4.79 Å². The normalized spacial score (nSPS) is 11.2. The fraction of sp³-hybridized carbons (Fsp3) is 0.190. The Bertz CT molecular complexity index is 890. The van der Waals surface area contributed by atoms with Gasteiger partial charge in [0, 0.05) is 9.35 Å². The van der Waals surface area contributed by atoms with Gasteiger partial charge in [0.05, 0.1) is 4.88 Å². The summed E-state index contributed by atoms with van der Waals surface area (Å²) in [6.45, 7) is 2.48. The van der Waals surface area contributed by atoms with Crippen LogP contribution in [-0.2, 0) is 13.0 Å². The van der Waals surface area contributed by atoms with Crippen LogP contribution < -0.4 is 4.74 Å². The molecule has 5 heteroatoms. The monoisotopic (exact) mass is 430 g/mol. The summed E-state index contributed by atoms with van der Waals surface area (Å²) in [6.07, 6.45) is 5.35. The number of ketones is 1. The third-order valence-corrected chi connectivity index (χ3v) is 5.37. The van der Waals surface area contributed by atoms with Gasteiger partial charge in [0.1, 0.15) is 23.9 Å². The van der Waals surface area contributed by atoms with E-state index < -0.39 is 0 Å². The highest BCUT2D eigenvalue weighted by atomic mass is 79.9. The molecule has 3 aromatic rings.